The molecule has 15 heavy (non-hydrogen) atoms. The van der Waals surface area contributed by atoms with Gasteiger partial charge in [0.05, 0.1) is 6.61 Å². The van der Waals surface area contributed by atoms with Gasteiger partial charge in [0.2, 0.25) is 0 Å². The number of rotatable bonds is 8. The highest BCUT2D eigenvalue weighted by molar-refractivity contribution is 4.89. The Hall–Kier alpha value is -0.340. The van der Waals surface area contributed by atoms with Crippen LogP contribution in [0.4, 0.5) is 0 Å². The summed E-state index contributed by atoms with van der Waals surface area (Å²) in [5.74, 6) is 0.562. The van der Waals surface area contributed by atoms with E-state index < -0.39 is 0 Å². The second-order valence-electron chi connectivity index (χ2n) is 4.58. The van der Waals surface area contributed by atoms with E-state index in [1.807, 2.05) is 6.08 Å². The molecular weight excluding hydrogens is 186 g/mol. The van der Waals surface area contributed by atoms with Crippen molar-refractivity contribution in [3.8, 4) is 0 Å². The van der Waals surface area contributed by atoms with Crippen LogP contribution in [0.25, 0.3) is 0 Å². The van der Waals surface area contributed by atoms with Crippen molar-refractivity contribution < 1.29 is 5.11 Å². The minimum atomic E-state index is -0.102. The lowest BCUT2D eigenvalue weighted by Crippen LogP contribution is -2.53. The molecule has 0 fully saturated rings. The van der Waals surface area contributed by atoms with Crippen molar-refractivity contribution in [2.75, 3.05) is 6.61 Å². The van der Waals surface area contributed by atoms with Gasteiger partial charge in [-0.15, -0.1) is 6.58 Å². The van der Waals surface area contributed by atoms with Gasteiger partial charge in [0.15, 0.2) is 0 Å². The molecule has 0 aromatic carbocycles. The normalized spacial score (nSPS) is 16.1. The first kappa shape index (κ1) is 14.7. The van der Waals surface area contributed by atoms with E-state index in [1.165, 1.54) is 0 Å². The lowest BCUT2D eigenvalue weighted by atomic mass is 9.90. The highest BCUT2D eigenvalue weighted by atomic mass is 16.3. The van der Waals surface area contributed by atoms with Crippen molar-refractivity contribution in [1.82, 2.24) is 5.32 Å². The molecule has 0 spiro atoms. The Kier molecular flexibility index (Phi) is 6.86. The fraction of sp³-hybridized carbons (Fsp3) is 0.846. The van der Waals surface area contributed by atoms with Crippen molar-refractivity contribution >= 4 is 0 Å². The van der Waals surface area contributed by atoms with Gasteiger partial charge in [0.25, 0.3) is 0 Å². The van der Waals surface area contributed by atoms with Crippen LogP contribution in [0.2, 0.25) is 0 Å². The minimum Gasteiger partial charge on any atom is -0.394 e. The maximum atomic E-state index is 9.45. The van der Waals surface area contributed by atoms with Crippen LogP contribution in [-0.4, -0.2) is 23.3 Å². The molecule has 0 saturated heterocycles. The quantitative estimate of drug-likeness (QED) is 0.608. The summed E-state index contributed by atoms with van der Waals surface area (Å²) < 4.78 is 0. The Morgan fingerprint density at radius 3 is 2.20 bits per heavy atom. The lowest BCUT2D eigenvalue weighted by molar-refractivity contribution is 0.130. The third kappa shape index (κ3) is 4.35. The van der Waals surface area contributed by atoms with E-state index in [2.05, 4.69) is 39.6 Å². The molecule has 2 atom stereocenters. The van der Waals surface area contributed by atoms with E-state index in [9.17, 15) is 5.11 Å². The van der Waals surface area contributed by atoms with Crippen LogP contribution >= 0.6 is 0 Å². The molecule has 0 heterocycles. The number of hydrogen-bond acceptors (Lipinski definition) is 2. The number of nitrogens with one attached hydrogen (secondary N) is 1. The van der Waals surface area contributed by atoms with Crippen LogP contribution in [0.15, 0.2) is 12.7 Å². The first-order valence-electron chi connectivity index (χ1n) is 6.04. The molecule has 0 saturated carbocycles. The summed E-state index contributed by atoms with van der Waals surface area (Å²) in [5, 5.41) is 13.0. The summed E-state index contributed by atoms with van der Waals surface area (Å²) in [6.07, 6.45) is 4.90. The van der Waals surface area contributed by atoms with Crippen LogP contribution < -0.4 is 5.32 Å². The molecule has 0 aliphatic rings. The second kappa shape index (κ2) is 7.02. The lowest BCUT2D eigenvalue weighted by Gasteiger charge is -2.36. The third-order valence-corrected chi connectivity index (χ3v) is 3.58. The molecule has 0 rings (SSSR count). The molecular formula is C13H27NO. The third-order valence-electron chi connectivity index (χ3n) is 3.58. The van der Waals surface area contributed by atoms with Gasteiger partial charge in [-0.25, -0.2) is 0 Å². The van der Waals surface area contributed by atoms with Gasteiger partial charge in [0.1, 0.15) is 0 Å². The molecule has 0 aliphatic heterocycles. The molecule has 0 radical (unpaired) electrons. The number of hydrogen-bond donors (Lipinski definition) is 2. The van der Waals surface area contributed by atoms with E-state index in [0.29, 0.717) is 12.0 Å². The summed E-state index contributed by atoms with van der Waals surface area (Å²) in [7, 11) is 0. The Morgan fingerprint density at radius 2 is 1.87 bits per heavy atom. The van der Waals surface area contributed by atoms with Gasteiger partial charge in [-0.3, -0.25) is 0 Å². The van der Waals surface area contributed by atoms with E-state index in [1.54, 1.807) is 0 Å². The molecule has 2 nitrogen and oxygen atoms in total. The Labute approximate surface area is 94.8 Å². The van der Waals surface area contributed by atoms with Crippen LogP contribution in [-0.2, 0) is 0 Å². The smallest absolute Gasteiger partial charge is 0.0613 e. The average Bonchev–Trinajstić information content (AvgIpc) is 2.26. The molecule has 0 amide bonds. The number of aliphatic hydroxyl groups is 1. The Balaban J connectivity index is 4.33. The summed E-state index contributed by atoms with van der Waals surface area (Å²) in [6.45, 7) is 12.6. The topological polar surface area (TPSA) is 32.3 Å². The zero-order valence-electron chi connectivity index (χ0n) is 10.7. The zero-order chi connectivity index (χ0) is 11.9. The van der Waals surface area contributed by atoms with E-state index in [0.717, 1.165) is 19.3 Å². The van der Waals surface area contributed by atoms with Crippen molar-refractivity contribution in [2.45, 2.75) is 58.5 Å². The molecule has 2 heteroatoms. The predicted octanol–water partition coefficient (Wildman–Crippen LogP) is 2.73. The van der Waals surface area contributed by atoms with Crippen LogP contribution in [0.5, 0.6) is 0 Å². The van der Waals surface area contributed by atoms with E-state index in [4.69, 9.17) is 0 Å². The van der Waals surface area contributed by atoms with Gasteiger partial charge in [-0.1, -0.05) is 26.8 Å². The zero-order valence-corrected chi connectivity index (χ0v) is 10.7. The summed E-state index contributed by atoms with van der Waals surface area (Å²) in [4.78, 5) is 0. The largest absolute Gasteiger partial charge is 0.394 e. The maximum absolute atomic E-state index is 9.45. The molecule has 0 aliphatic carbocycles. The van der Waals surface area contributed by atoms with Crippen molar-refractivity contribution in [3.63, 3.8) is 0 Å². The summed E-state index contributed by atoms with van der Waals surface area (Å²) in [5.41, 5.74) is -0.102. The van der Waals surface area contributed by atoms with Crippen LogP contribution in [0, 0.1) is 5.92 Å². The molecule has 90 valence electrons. The number of aliphatic hydroxyl groups excluding tert-OH is 1. The molecule has 0 aromatic heterocycles. The Bertz CT molecular complexity index is 167. The highest BCUT2D eigenvalue weighted by Gasteiger charge is 2.27. The molecule has 0 bridgehead atoms. The average molecular weight is 213 g/mol. The Morgan fingerprint density at radius 1 is 1.33 bits per heavy atom. The standard InChI is InChI=1S/C13H27NO/c1-6-9-11(4)12(5)14-13(7-2,8-3)10-15/h6,11-12,14-15H,1,7-10H2,2-5H3. The summed E-state index contributed by atoms with van der Waals surface area (Å²) in [6, 6.07) is 0.412. The van der Waals surface area contributed by atoms with Crippen molar-refractivity contribution in [3.05, 3.63) is 12.7 Å². The van der Waals surface area contributed by atoms with Gasteiger partial charge < -0.3 is 10.4 Å². The number of allylic oxidation sites excluding steroid dienone is 1. The fourth-order valence-electron chi connectivity index (χ4n) is 1.82. The first-order chi connectivity index (χ1) is 7.05. The maximum Gasteiger partial charge on any atom is 0.0613 e. The van der Waals surface area contributed by atoms with Crippen molar-refractivity contribution in [1.29, 1.82) is 0 Å². The second-order valence-corrected chi connectivity index (χ2v) is 4.58. The van der Waals surface area contributed by atoms with Crippen LogP contribution in [0.1, 0.15) is 47.0 Å². The van der Waals surface area contributed by atoms with E-state index in [-0.39, 0.29) is 12.1 Å². The van der Waals surface area contributed by atoms with Gasteiger partial charge in [0, 0.05) is 11.6 Å². The van der Waals surface area contributed by atoms with Crippen molar-refractivity contribution in [2.24, 2.45) is 5.92 Å². The molecule has 2 N–H and O–H groups in total. The first-order valence-corrected chi connectivity index (χ1v) is 6.04. The monoisotopic (exact) mass is 213 g/mol. The summed E-state index contributed by atoms with van der Waals surface area (Å²) >= 11 is 0. The minimum absolute atomic E-state index is 0.102. The van der Waals surface area contributed by atoms with Crippen LogP contribution in [0.3, 0.4) is 0 Å². The van der Waals surface area contributed by atoms with E-state index >= 15 is 0 Å². The van der Waals surface area contributed by atoms with Gasteiger partial charge >= 0.3 is 0 Å². The fourth-order valence-corrected chi connectivity index (χ4v) is 1.82. The van der Waals surface area contributed by atoms with Gasteiger partial charge in [-0.2, -0.15) is 0 Å². The van der Waals surface area contributed by atoms with Gasteiger partial charge in [-0.05, 0) is 32.1 Å². The molecule has 0 aromatic rings. The highest BCUT2D eigenvalue weighted by Crippen LogP contribution is 2.18. The predicted molar refractivity (Wildman–Crippen MR) is 67.0 cm³/mol. The molecule has 2 unspecified atom stereocenters. The SMILES string of the molecule is C=CCC(C)C(C)NC(CC)(CC)CO.